The van der Waals surface area contributed by atoms with Gasteiger partial charge in [-0.05, 0) is 27.5 Å². The molecule has 0 aliphatic rings. The molecule has 3 aromatic rings. The van der Waals surface area contributed by atoms with Crippen LogP contribution in [0.3, 0.4) is 0 Å². The Morgan fingerprint density at radius 2 is 1.13 bits per heavy atom. The van der Waals surface area contributed by atoms with E-state index in [0.29, 0.717) is 0 Å². The SMILES string of the molecule is CC(C)(C)[Si](OCCOS(=O)(=O)c1ccccc1)(c1ccccc1)c1ccccc1. The summed E-state index contributed by atoms with van der Waals surface area (Å²) in [5.41, 5.74) is 0. The first-order chi connectivity index (χ1) is 14.3. The Labute approximate surface area is 180 Å². The summed E-state index contributed by atoms with van der Waals surface area (Å²) in [5.74, 6) is 0. The van der Waals surface area contributed by atoms with Gasteiger partial charge in [0.05, 0.1) is 18.1 Å². The minimum atomic E-state index is -3.81. The van der Waals surface area contributed by atoms with Crippen molar-refractivity contribution in [2.45, 2.75) is 30.7 Å². The molecule has 0 unspecified atom stereocenters. The third kappa shape index (κ3) is 4.73. The smallest absolute Gasteiger partial charge is 0.297 e. The molecule has 0 radical (unpaired) electrons. The van der Waals surface area contributed by atoms with Crippen LogP contribution in [0.2, 0.25) is 5.04 Å². The molecule has 3 rings (SSSR count). The Morgan fingerprint density at radius 3 is 1.57 bits per heavy atom. The van der Waals surface area contributed by atoms with Crippen molar-refractivity contribution < 1.29 is 17.0 Å². The van der Waals surface area contributed by atoms with Crippen molar-refractivity contribution in [3.8, 4) is 0 Å². The van der Waals surface area contributed by atoms with Crippen molar-refractivity contribution >= 4 is 28.8 Å². The normalized spacial score (nSPS) is 12.6. The lowest BCUT2D eigenvalue weighted by atomic mass is 10.2. The van der Waals surface area contributed by atoms with E-state index in [2.05, 4.69) is 45.0 Å². The molecule has 0 spiro atoms. The summed E-state index contributed by atoms with van der Waals surface area (Å²) in [6, 6.07) is 28.6. The zero-order chi connectivity index (χ0) is 21.7. The Bertz CT molecular complexity index is 991. The average Bonchev–Trinajstić information content (AvgIpc) is 2.75. The average molecular weight is 441 g/mol. The first-order valence-corrected chi connectivity index (χ1v) is 13.3. The summed E-state index contributed by atoms with van der Waals surface area (Å²) in [6.45, 7) is 6.68. The van der Waals surface area contributed by atoms with Gasteiger partial charge in [-0.25, -0.2) is 0 Å². The molecule has 0 bridgehead atoms. The maximum atomic E-state index is 12.4. The Balaban J connectivity index is 1.87. The Kier molecular flexibility index (Phi) is 6.93. The second-order valence-corrected chi connectivity index (χ2v) is 14.0. The highest BCUT2D eigenvalue weighted by atomic mass is 32.2. The van der Waals surface area contributed by atoms with Gasteiger partial charge in [-0.1, -0.05) is 99.6 Å². The van der Waals surface area contributed by atoms with Gasteiger partial charge < -0.3 is 4.43 Å². The number of hydrogen-bond acceptors (Lipinski definition) is 4. The number of rotatable bonds is 8. The molecule has 0 aromatic heterocycles. The fourth-order valence-electron chi connectivity index (χ4n) is 3.76. The molecule has 6 heteroatoms. The van der Waals surface area contributed by atoms with Crippen molar-refractivity contribution in [1.29, 1.82) is 0 Å². The molecule has 0 saturated carbocycles. The summed E-state index contributed by atoms with van der Waals surface area (Å²) in [5, 5.41) is 2.12. The van der Waals surface area contributed by atoms with Gasteiger partial charge in [-0.15, -0.1) is 0 Å². The lowest BCUT2D eigenvalue weighted by molar-refractivity contribution is 0.212. The first kappa shape index (κ1) is 22.4. The van der Waals surface area contributed by atoms with Crippen LogP contribution in [-0.2, 0) is 18.7 Å². The van der Waals surface area contributed by atoms with Gasteiger partial charge in [0.1, 0.15) is 0 Å². The number of benzene rings is 3. The molecule has 30 heavy (non-hydrogen) atoms. The predicted molar refractivity (Wildman–Crippen MR) is 123 cm³/mol. The van der Waals surface area contributed by atoms with Gasteiger partial charge in [0, 0.05) is 0 Å². The Morgan fingerprint density at radius 1 is 0.700 bits per heavy atom. The molecule has 0 fully saturated rings. The standard InChI is InChI=1S/C24H28O4SSi/c1-24(2,3)30(22-15-9-5-10-16-22,23-17-11-6-12-18-23)28-20-19-27-29(25,26)21-13-7-4-8-14-21/h4-18H,19-20H2,1-3H3. The van der Waals surface area contributed by atoms with Crippen LogP contribution in [0, 0.1) is 0 Å². The van der Waals surface area contributed by atoms with Gasteiger partial charge >= 0.3 is 0 Å². The molecule has 3 aromatic carbocycles. The van der Waals surface area contributed by atoms with Gasteiger partial charge in [0.15, 0.2) is 0 Å². The van der Waals surface area contributed by atoms with Crippen LogP contribution in [0.25, 0.3) is 0 Å². The summed E-state index contributed by atoms with van der Waals surface area (Å²) < 4.78 is 36.8. The van der Waals surface area contributed by atoms with E-state index in [4.69, 9.17) is 8.61 Å². The Hall–Kier alpha value is -2.25. The van der Waals surface area contributed by atoms with Gasteiger partial charge in [0.25, 0.3) is 18.4 Å². The second-order valence-electron chi connectivity index (χ2n) is 8.10. The van der Waals surface area contributed by atoms with Crippen LogP contribution in [0.5, 0.6) is 0 Å². The third-order valence-corrected chi connectivity index (χ3v) is 11.5. The highest BCUT2D eigenvalue weighted by Crippen LogP contribution is 2.36. The lowest BCUT2D eigenvalue weighted by Crippen LogP contribution is -2.66. The highest BCUT2D eigenvalue weighted by molar-refractivity contribution is 7.86. The van der Waals surface area contributed by atoms with Gasteiger partial charge in [-0.3, -0.25) is 4.18 Å². The molecule has 4 nitrogen and oxygen atoms in total. The molecule has 0 N–H and O–H groups in total. The molecule has 0 aliphatic carbocycles. The third-order valence-electron chi connectivity index (χ3n) is 5.09. The second kappa shape index (κ2) is 9.26. The zero-order valence-corrected chi connectivity index (χ0v) is 19.4. The van der Waals surface area contributed by atoms with E-state index in [1.807, 2.05) is 36.4 Å². The molecule has 158 valence electrons. The van der Waals surface area contributed by atoms with Crippen molar-refractivity contribution in [2.24, 2.45) is 0 Å². The lowest BCUT2D eigenvalue weighted by Gasteiger charge is -2.43. The van der Waals surface area contributed by atoms with E-state index in [1.54, 1.807) is 18.2 Å². The monoisotopic (exact) mass is 440 g/mol. The number of hydrogen-bond donors (Lipinski definition) is 0. The quantitative estimate of drug-likeness (QED) is 0.302. The minimum absolute atomic E-state index is 0.0400. The molecular formula is C24H28O4SSi. The maximum Gasteiger partial charge on any atom is 0.297 e. The van der Waals surface area contributed by atoms with E-state index in [-0.39, 0.29) is 23.1 Å². The minimum Gasteiger partial charge on any atom is -0.405 e. The van der Waals surface area contributed by atoms with E-state index < -0.39 is 18.4 Å². The summed E-state index contributed by atoms with van der Waals surface area (Å²) >= 11 is 0. The molecule has 0 saturated heterocycles. The zero-order valence-electron chi connectivity index (χ0n) is 17.6. The van der Waals surface area contributed by atoms with Crippen LogP contribution in [0.15, 0.2) is 95.9 Å². The van der Waals surface area contributed by atoms with Crippen LogP contribution in [0.1, 0.15) is 20.8 Å². The van der Waals surface area contributed by atoms with E-state index in [1.165, 1.54) is 12.1 Å². The van der Waals surface area contributed by atoms with E-state index in [0.717, 1.165) is 10.4 Å². The molecule has 0 aliphatic heterocycles. The topological polar surface area (TPSA) is 52.6 Å². The fraction of sp³-hybridized carbons (Fsp3) is 0.250. The van der Waals surface area contributed by atoms with Crippen LogP contribution in [-0.4, -0.2) is 29.9 Å². The molecule has 0 amide bonds. The first-order valence-electron chi connectivity index (χ1n) is 9.97. The van der Waals surface area contributed by atoms with E-state index >= 15 is 0 Å². The summed E-state index contributed by atoms with van der Waals surface area (Å²) in [4.78, 5) is 0.149. The van der Waals surface area contributed by atoms with Crippen molar-refractivity contribution in [2.75, 3.05) is 13.2 Å². The highest BCUT2D eigenvalue weighted by Gasteiger charge is 2.50. The summed E-state index contributed by atoms with van der Waals surface area (Å²) in [6.07, 6.45) is 0. The van der Waals surface area contributed by atoms with Gasteiger partial charge in [0.2, 0.25) is 0 Å². The van der Waals surface area contributed by atoms with Crippen LogP contribution < -0.4 is 10.4 Å². The van der Waals surface area contributed by atoms with Crippen molar-refractivity contribution in [3.05, 3.63) is 91.0 Å². The van der Waals surface area contributed by atoms with Crippen LogP contribution >= 0.6 is 0 Å². The van der Waals surface area contributed by atoms with Gasteiger partial charge in [-0.2, -0.15) is 8.42 Å². The fourth-order valence-corrected chi connectivity index (χ4v) is 9.21. The largest absolute Gasteiger partial charge is 0.405 e. The maximum absolute atomic E-state index is 12.4. The van der Waals surface area contributed by atoms with Crippen LogP contribution in [0.4, 0.5) is 0 Å². The van der Waals surface area contributed by atoms with E-state index in [9.17, 15) is 8.42 Å². The van der Waals surface area contributed by atoms with Crippen molar-refractivity contribution in [1.82, 2.24) is 0 Å². The van der Waals surface area contributed by atoms with Crippen molar-refractivity contribution in [3.63, 3.8) is 0 Å². The summed E-state index contributed by atoms with van der Waals surface area (Å²) in [7, 11) is -6.51. The molecule has 0 atom stereocenters. The molecule has 0 heterocycles. The molecular weight excluding hydrogens is 412 g/mol. The predicted octanol–water partition coefficient (Wildman–Crippen LogP) is 3.97.